The van der Waals surface area contributed by atoms with Crippen molar-refractivity contribution >= 4 is 43.7 Å². The number of nitrogens with two attached hydrogens (primary N) is 1. The summed E-state index contributed by atoms with van der Waals surface area (Å²) >= 11 is 6.82. The molecule has 0 unspecified atom stereocenters. The van der Waals surface area contributed by atoms with Crippen LogP contribution < -0.4 is 5.73 Å². The minimum Gasteiger partial charge on any atom is -0.392 e. The Kier molecular flexibility index (Phi) is 2.05. The van der Waals surface area contributed by atoms with E-state index in [0.29, 0.717) is 10.4 Å². The van der Waals surface area contributed by atoms with Crippen molar-refractivity contribution in [1.82, 2.24) is 0 Å². The van der Waals surface area contributed by atoms with Crippen molar-refractivity contribution in [1.29, 1.82) is 0 Å². The first-order valence-corrected chi connectivity index (χ1v) is 4.91. The molecule has 0 amide bonds. The molecule has 0 bridgehead atoms. The van der Waals surface area contributed by atoms with Crippen LogP contribution in [0.5, 0.6) is 0 Å². The molecule has 1 aromatic carbocycles. The lowest BCUT2D eigenvalue weighted by atomic mass is 10.2. The molecule has 0 fully saturated rings. The van der Waals surface area contributed by atoms with Crippen LogP contribution >= 0.6 is 22.9 Å². The monoisotopic (exact) mass is 228 g/mol. The summed E-state index contributed by atoms with van der Waals surface area (Å²) in [5.41, 5.74) is 5.81. The molecular weight excluding hydrogens is 224 g/mol. The molecule has 4 nitrogen and oxygen atoms in total. The third kappa shape index (κ3) is 1.30. The Bertz CT molecular complexity index is 523. The number of anilines is 1. The molecule has 72 valence electrons. The Labute approximate surface area is 88.0 Å². The zero-order valence-electron chi connectivity index (χ0n) is 6.86. The average molecular weight is 229 g/mol. The van der Waals surface area contributed by atoms with Crippen LogP contribution in [0.3, 0.4) is 0 Å². The standard InChI is InChI=1S/C8H5ClN2O2S/c9-4-1-2-6-5(3-4)7(10)8(14-6)11(12)13/h1-3H,10H2. The van der Waals surface area contributed by atoms with Crippen LogP contribution in [-0.2, 0) is 0 Å². The van der Waals surface area contributed by atoms with Gasteiger partial charge in [0.1, 0.15) is 5.69 Å². The highest BCUT2D eigenvalue weighted by Crippen LogP contribution is 2.40. The quantitative estimate of drug-likeness (QED) is 0.602. The number of hydrogen-bond donors (Lipinski definition) is 1. The van der Waals surface area contributed by atoms with E-state index in [1.807, 2.05) is 0 Å². The minimum absolute atomic E-state index is 0.0257. The number of rotatable bonds is 1. The Balaban J connectivity index is 2.80. The van der Waals surface area contributed by atoms with Gasteiger partial charge in [0.05, 0.1) is 4.92 Å². The van der Waals surface area contributed by atoms with E-state index in [2.05, 4.69) is 0 Å². The van der Waals surface area contributed by atoms with Crippen molar-refractivity contribution < 1.29 is 4.92 Å². The smallest absolute Gasteiger partial charge is 0.348 e. The number of benzene rings is 1. The van der Waals surface area contributed by atoms with Gasteiger partial charge in [-0.3, -0.25) is 10.1 Å². The number of hydrogen-bond acceptors (Lipinski definition) is 4. The Morgan fingerprint density at radius 3 is 2.86 bits per heavy atom. The van der Waals surface area contributed by atoms with Gasteiger partial charge in [-0.15, -0.1) is 0 Å². The third-order valence-corrected chi connectivity index (χ3v) is 3.21. The van der Waals surface area contributed by atoms with Crippen LogP contribution in [0.2, 0.25) is 5.02 Å². The number of nitrogens with zero attached hydrogens (tertiary/aromatic N) is 1. The Morgan fingerprint density at radius 2 is 2.21 bits per heavy atom. The molecule has 0 radical (unpaired) electrons. The summed E-state index contributed by atoms with van der Waals surface area (Å²) in [5, 5.41) is 11.7. The summed E-state index contributed by atoms with van der Waals surface area (Å²) in [5.74, 6) is 0. The Morgan fingerprint density at radius 1 is 1.50 bits per heavy atom. The van der Waals surface area contributed by atoms with Crippen molar-refractivity contribution in [2.45, 2.75) is 0 Å². The van der Waals surface area contributed by atoms with E-state index in [1.165, 1.54) is 0 Å². The fourth-order valence-corrected chi connectivity index (χ4v) is 2.30. The highest BCUT2D eigenvalue weighted by molar-refractivity contribution is 7.22. The predicted octanol–water partition coefficient (Wildman–Crippen LogP) is 3.05. The first-order valence-electron chi connectivity index (χ1n) is 3.71. The van der Waals surface area contributed by atoms with Crippen molar-refractivity contribution in [3.8, 4) is 0 Å². The van der Waals surface area contributed by atoms with E-state index in [0.717, 1.165) is 16.0 Å². The van der Waals surface area contributed by atoms with Crippen LogP contribution in [0.15, 0.2) is 18.2 Å². The molecule has 1 aromatic heterocycles. The maximum atomic E-state index is 10.6. The molecule has 0 aliphatic carbocycles. The molecule has 6 heteroatoms. The van der Waals surface area contributed by atoms with Gasteiger partial charge in [0.25, 0.3) is 0 Å². The van der Waals surface area contributed by atoms with Crippen LogP contribution in [0.4, 0.5) is 10.7 Å². The van der Waals surface area contributed by atoms with E-state index < -0.39 is 4.92 Å². The fourth-order valence-electron chi connectivity index (χ4n) is 1.21. The molecule has 2 rings (SSSR count). The number of nitro groups is 1. The second-order valence-electron chi connectivity index (χ2n) is 2.72. The zero-order chi connectivity index (χ0) is 10.3. The van der Waals surface area contributed by atoms with E-state index in [4.69, 9.17) is 17.3 Å². The molecule has 0 aliphatic heterocycles. The van der Waals surface area contributed by atoms with Crippen molar-refractivity contribution in [3.63, 3.8) is 0 Å². The SMILES string of the molecule is Nc1c([N+](=O)[O-])sc2ccc(Cl)cc12. The van der Waals surface area contributed by atoms with E-state index in [1.54, 1.807) is 18.2 Å². The number of nitrogen functional groups attached to an aromatic ring is 1. The minimum atomic E-state index is -0.478. The first-order chi connectivity index (χ1) is 6.59. The topological polar surface area (TPSA) is 69.2 Å². The largest absolute Gasteiger partial charge is 0.392 e. The summed E-state index contributed by atoms with van der Waals surface area (Å²) in [4.78, 5) is 10.1. The number of fused-ring (bicyclic) bond motifs is 1. The van der Waals surface area contributed by atoms with Crippen molar-refractivity contribution in [2.24, 2.45) is 0 Å². The molecule has 14 heavy (non-hydrogen) atoms. The number of thiophene rings is 1. The van der Waals surface area contributed by atoms with E-state index >= 15 is 0 Å². The predicted molar refractivity (Wildman–Crippen MR) is 57.9 cm³/mol. The van der Waals surface area contributed by atoms with Crippen LogP contribution in [0.25, 0.3) is 10.1 Å². The lowest BCUT2D eigenvalue weighted by Crippen LogP contribution is -1.90. The second kappa shape index (κ2) is 3.11. The van der Waals surface area contributed by atoms with Crippen LogP contribution in [0, 0.1) is 10.1 Å². The highest BCUT2D eigenvalue weighted by Gasteiger charge is 2.18. The summed E-state index contributed by atoms with van der Waals surface area (Å²) in [6, 6.07) is 5.05. The van der Waals surface area contributed by atoms with Crippen LogP contribution in [-0.4, -0.2) is 4.92 Å². The van der Waals surface area contributed by atoms with Gasteiger partial charge in [-0.05, 0) is 18.2 Å². The summed E-state index contributed by atoms with van der Waals surface area (Å²) < 4.78 is 0.776. The van der Waals surface area contributed by atoms with Gasteiger partial charge in [-0.2, -0.15) is 0 Å². The van der Waals surface area contributed by atoms with Gasteiger partial charge < -0.3 is 5.73 Å². The molecule has 0 saturated carbocycles. The maximum absolute atomic E-state index is 10.6. The van der Waals surface area contributed by atoms with Crippen molar-refractivity contribution in [2.75, 3.05) is 5.73 Å². The lowest BCUT2D eigenvalue weighted by Gasteiger charge is -1.91. The molecule has 2 N–H and O–H groups in total. The van der Waals surface area contributed by atoms with Gasteiger partial charge in [-0.1, -0.05) is 22.9 Å². The van der Waals surface area contributed by atoms with Gasteiger partial charge in [-0.25, -0.2) is 0 Å². The second-order valence-corrected chi connectivity index (χ2v) is 4.19. The summed E-state index contributed by atoms with van der Waals surface area (Å²) in [6.45, 7) is 0. The summed E-state index contributed by atoms with van der Waals surface area (Å²) in [7, 11) is 0. The maximum Gasteiger partial charge on any atom is 0.348 e. The lowest BCUT2D eigenvalue weighted by molar-refractivity contribution is -0.379. The molecule has 1 heterocycles. The van der Waals surface area contributed by atoms with Gasteiger partial charge >= 0.3 is 5.00 Å². The highest BCUT2D eigenvalue weighted by atomic mass is 35.5. The molecule has 0 spiro atoms. The normalized spacial score (nSPS) is 10.6. The average Bonchev–Trinajstić information content (AvgIpc) is 2.44. The Hall–Kier alpha value is -1.33. The van der Waals surface area contributed by atoms with E-state index in [-0.39, 0.29) is 10.7 Å². The van der Waals surface area contributed by atoms with Gasteiger partial charge in [0.15, 0.2) is 0 Å². The summed E-state index contributed by atoms with van der Waals surface area (Å²) in [6.07, 6.45) is 0. The zero-order valence-corrected chi connectivity index (χ0v) is 8.43. The first kappa shape index (κ1) is 9.23. The molecule has 0 atom stereocenters. The van der Waals surface area contributed by atoms with Crippen LogP contribution in [0.1, 0.15) is 0 Å². The fraction of sp³-hybridized carbons (Fsp3) is 0. The van der Waals surface area contributed by atoms with Crippen molar-refractivity contribution in [3.05, 3.63) is 33.3 Å². The number of halogens is 1. The molecule has 0 aliphatic rings. The molecule has 2 aromatic rings. The third-order valence-electron chi connectivity index (χ3n) is 1.83. The van der Waals surface area contributed by atoms with Gasteiger partial charge in [0, 0.05) is 15.1 Å². The van der Waals surface area contributed by atoms with E-state index in [9.17, 15) is 10.1 Å². The van der Waals surface area contributed by atoms with Gasteiger partial charge in [0.2, 0.25) is 0 Å². The molecule has 0 saturated heterocycles. The molecular formula is C8H5ClN2O2S.